The van der Waals surface area contributed by atoms with Crippen molar-refractivity contribution >= 4 is 33.9 Å². The second kappa shape index (κ2) is 7.53. The Hall–Kier alpha value is -0.696. The maximum atomic E-state index is 11.7. The summed E-state index contributed by atoms with van der Waals surface area (Å²) in [6, 6.07) is 4.12. The molecule has 1 aromatic heterocycles. The SMILES string of the molecule is C[Si](C)(C)OC(=O)/C=C/CC(O[Si](C)(C)C)c1cccs1. The van der Waals surface area contributed by atoms with Gasteiger partial charge in [0, 0.05) is 11.0 Å². The second-order valence-electron chi connectivity index (χ2n) is 6.91. The van der Waals surface area contributed by atoms with Crippen molar-refractivity contribution in [2.45, 2.75) is 51.8 Å². The zero-order valence-corrected chi connectivity index (χ0v) is 16.6. The van der Waals surface area contributed by atoms with Crippen molar-refractivity contribution in [3.63, 3.8) is 0 Å². The fourth-order valence-corrected chi connectivity index (χ4v) is 4.35. The number of carbonyl (C=O) groups excluding carboxylic acids is 1. The molecule has 0 aliphatic heterocycles. The molecule has 1 aromatic rings. The molecule has 0 fully saturated rings. The molecule has 1 rings (SSSR count). The highest BCUT2D eigenvalue weighted by atomic mass is 32.1. The lowest BCUT2D eigenvalue weighted by atomic mass is 10.2. The Kier molecular flexibility index (Phi) is 6.58. The van der Waals surface area contributed by atoms with Crippen molar-refractivity contribution in [3.8, 4) is 0 Å². The maximum Gasteiger partial charge on any atom is 0.317 e. The molecule has 0 saturated heterocycles. The molecule has 3 nitrogen and oxygen atoms in total. The maximum absolute atomic E-state index is 11.7. The summed E-state index contributed by atoms with van der Waals surface area (Å²) in [5.74, 6) is -0.243. The first-order valence-corrected chi connectivity index (χ1v) is 14.9. The molecule has 21 heavy (non-hydrogen) atoms. The van der Waals surface area contributed by atoms with E-state index in [0.29, 0.717) is 6.42 Å². The van der Waals surface area contributed by atoms with Crippen LogP contribution >= 0.6 is 11.3 Å². The van der Waals surface area contributed by atoms with E-state index in [-0.39, 0.29) is 12.1 Å². The number of carbonyl (C=O) groups is 1. The van der Waals surface area contributed by atoms with Crippen LogP contribution in [0.5, 0.6) is 0 Å². The minimum absolute atomic E-state index is 0.0348. The van der Waals surface area contributed by atoms with Crippen LogP contribution in [-0.4, -0.2) is 22.6 Å². The van der Waals surface area contributed by atoms with Gasteiger partial charge >= 0.3 is 5.97 Å². The average molecular weight is 343 g/mol. The van der Waals surface area contributed by atoms with Crippen LogP contribution in [0.3, 0.4) is 0 Å². The van der Waals surface area contributed by atoms with Gasteiger partial charge < -0.3 is 8.85 Å². The standard InChI is InChI=1S/C15H26O3SSi2/c1-20(2,3)17-13(14-10-8-12-19-14)9-7-11-15(16)18-21(4,5)6/h7-8,10-13H,9H2,1-6H3/b11-7+. The fourth-order valence-electron chi connectivity index (χ4n) is 1.75. The lowest BCUT2D eigenvalue weighted by Gasteiger charge is -2.25. The first kappa shape index (κ1) is 18.4. The summed E-state index contributed by atoms with van der Waals surface area (Å²) in [4.78, 5) is 12.9. The van der Waals surface area contributed by atoms with Gasteiger partial charge in [0.25, 0.3) is 0 Å². The molecule has 0 bridgehead atoms. The van der Waals surface area contributed by atoms with Gasteiger partial charge in [0.2, 0.25) is 8.32 Å². The first-order chi connectivity index (χ1) is 9.57. The van der Waals surface area contributed by atoms with E-state index in [1.54, 1.807) is 11.3 Å². The highest BCUT2D eigenvalue weighted by molar-refractivity contribution is 7.10. The van der Waals surface area contributed by atoms with Crippen LogP contribution < -0.4 is 0 Å². The molecule has 0 saturated carbocycles. The molecular weight excluding hydrogens is 316 g/mol. The lowest BCUT2D eigenvalue weighted by molar-refractivity contribution is -0.129. The van der Waals surface area contributed by atoms with E-state index in [9.17, 15) is 4.79 Å². The van der Waals surface area contributed by atoms with Gasteiger partial charge in [-0.3, -0.25) is 0 Å². The van der Waals surface area contributed by atoms with Crippen LogP contribution in [0.25, 0.3) is 0 Å². The molecule has 0 radical (unpaired) electrons. The first-order valence-electron chi connectivity index (χ1n) is 7.17. The predicted octanol–water partition coefficient (Wildman–Crippen LogP) is 4.97. The van der Waals surface area contributed by atoms with Crippen molar-refractivity contribution in [2.24, 2.45) is 0 Å². The zero-order valence-electron chi connectivity index (χ0n) is 13.8. The largest absolute Gasteiger partial charge is 0.517 e. The average Bonchev–Trinajstić information content (AvgIpc) is 2.76. The fraction of sp³-hybridized carbons (Fsp3) is 0.533. The van der Waals surface area contributed by atoms with Crippen LogP contribution in [0.4, 0.5) is 0 Å². The van der Waals surface area contributed by atoms with Gasteiger partial charge in [0.15, 0.2) is 8.32 Å². The summed E-state index contributed by atoms with van der Waals surface area (Å²) in [5.41, 5.74) is 0. The lowest BCUT2D eigenvalue weighted by Crippen LogP contribution is -2.28. The van der Waals surface area contributed by atoms with E-state index in [4.69, 9.17) is 8.85 Å². The molecule has 0 spiro atoms. The molecule has 0 aliphatic carbocycles. The molecule has 118 valence electrons. The smallest absolute Gasteiger partial charge is 0.317 e. The van der Waals surface area contributed by atoms with Gasteiger partial charge in [-0.25, -0.2) is 4.79 Å². The quantitative estimate of drug-likeness (QED) is 0.518. The van der Waals surface area contributed by atoms with Gasteiger partial charge in [-0.05, 0) is 57.1 Å². The molecular formula is C15H26O3SSi2. The summed E-state index contributed by atoms with van der Waals surface area (Å²) in [6.07, 6.45) is 4.14. The van der Waals surface area contributed by atoms with Crippen LogP contribution in [0.15, 0.2) is 29.7 Å². The van der Waals surface area contributed by atoms with Crippen LogP contribution in [0, 0.1) is 0 Å². The van der Waals surface area contributed by atoms with Crippen molar-refractivity contribution in [2.75, 3.05) is 0 Å². The summed E-state index contributed by atoms with van der Waals surface area (Å²) < 4.78 is 11.6. The van der Waals surface area contributed by atoms with E-state index in [2.05, 4.69) is 31.1 Å². The third-order valence-corrected chi connectivity index (χ3v) is 5.14. The summed E-state index contributed by atoms with van der Waals surface area (Å²) in [6.45, 7) is 12.5. The Bertz CT molecular complexity index is 470. The Morgan fingerprint density at radius 2 is 1.90 bits per heavy atom. The van der Waals surface area contributed by atoms with Gasteiger partial charge in [0.05, 0.1) is 6.10 Å². The van der Waals surface area contributed by atoms with Gasteiger partial charge in [0.1, 0.15) is 0 Å². The van der Waals surface area contributed by atoms with Crippen molar-refractivity contribution in [1.82, 2.24) is 0 Å². The molecule has 0 N–H and O–H groups in total. The Labute approximate surface area is 134 Å². The van der Waals surface area contributed by atoms with Crippen molar-refractivity contribution in [1.29, 1.82) is 0 Å². The minimum atomic E-state index is -1.81. The second-order valence-corrected chi connectivity index (χ2v) is 16.8. The predicted molar refractivity (Wildman–Crippen MR) is 94.7 cm³/mol. The van der Waals surface area contributed by atoms with Crippen molar-refractivity contribution in [3.05, 3.63) is 34.5 Å². The van der Waals surface area contributed by atoms with E-state index in [1.165, 1.54) is 11.0 Å². The van der Waals surface area contributed by atoms with Crippen molar-refractivity contribution < 1.29 is 13.6 Å². The Morgan fingerprint density at radius 1 is 1.24 bits per heavy atom. The highest BCUT2D eigenvalue weighted by Gasteiger charge is 2.22. The van der Waals surface area contributed by atoms with Gasteiger partial charge in [-0.1, -0.05) is 12.1 Å². The highest BCUT2D eigenvalue weighted by Crippen LogP contribution is 2.29. The van der Waals surface area contributed by atoms with E-state index in [0.717, 1.165) is 0 Å². The van der Waals surface area contributed by atoms with Crippen LogP contribution in [-0.2, 0) is 13.6 Å². The molecule has 1 unspecified atom stereocenters. The van der Waals surface area contributed by atoms with Crippen LogP contribution in [0.1, 0.15) is 17.4 Å². The van der Waals surface area contributed by atoms with E-state index < -0.39 is 16.6 Å². The zero-order chi connectivity index (χ0) is 16.1. The summed E-state index contributed by atoms with van der Waals surface area (Å²) in [5, 5.41) is 2.05. The van der Waals surface area contributed by atoms with E-state index >= 15 is 0 Å². The normalized spacial score (nSPS) is 14.4. The monoisotopic (exact) mass is 342 g/mol. The summed E-state index contributed by atoms with van der Waals surface area (Å²) in [7, 11) is -3.44. The van der Waals surface area contributed by atoms with E-state index in [1.807, 2.05) is 31.8 Å². The summed E-state index contributed by atoms with van der Waals surface area (Å²) >= 11 is 1.69. The number of hydrogen-bond donors (Lipinski definition) is 0. The van der Waals surface area contributed by atoms with Crippen LogP contribution in [0.2, 0.25) is 39.3 Å². The molecule has 1 atom stereocenters. The Morgan fingerprint density at radius 3 is 2.38 bits per heavy atom. The minimum Gasteiger partial charge on any atom is -0.517 e. The number of rotatable bonds is 7. The number of thiophene rings is 1. The molecule has 1 heterocycles. The molecule has 0 aliphatic rings. The molecule has 6 heteroatoms. The third-order valence-electron chi connectivity index (χ3n) is 2.37. The Balaban J connectivity index is 2.64. The number of hydrogen-bond acceptors (Lipinski definition) is 4. The third kappa shape index (κ3) is 8.35. The molecule has 0 aromatic carbocycles. The van der Waals surface area contributed by atoms with Gasteiger partial charge in [-0.2, -0.15) is 0 Å². The molecule has 0 amide bonds. The van der Waals surface area contributed by atoms with Gasteiger partial charge in [-0.15, -0.1) is 11.3 Å². The topological polar surface area (TPSA) is 35.5 Å².